The van der Waals surface area contributed by atoms with Crippen molar-refractivity contribution in [1.29, 1.82) is 0 Å². The van der Waals surface area contributed by atoms with Gasteiger partial charge in [0.1, 0.15) is 12.4 Å². The maximum atomic E-state index is 12.8. The van der Waals surface area contributed by atoms with E-state index >= 15 is 0 Å². The van der Waals surface area contributed by atoms with Gasteiger partial charge in [-0.15, -0.1) is 0 Å². The van der Waals surface area contributed by atoms with Crippen LogP contribution >= 0.6 is 11.6 Å². The molecule has 116 valence electrons. The number of quaternary nitrogens is 1. The number of likely N-dealkylation sites (N-methyl/N-ethyl adjacent to an activating group) is 1. The summed E-state index contributed by atoms with van der Waals surface area (Å²) >= 11 is 5.90. The zero-order chi connectivity index (χ0) is 15.9. The van der Waals surface area contributed by atoms with Crippen LogP contribution < -0.4 is 10.2 Å². The largest absolute Gasteiger partial charge is 0.347 e. The summed E-state index contributed by atoms with van der Waals surface area (Å²) in [4.78, 5) is 13.0. The van der Waals surface area contributed by atoms with Crippen molar-refractivity contribution in [1.82, 2.24) is 5.32 Å². The number of hydrogen-bond acceptors (Lipinski definition) is 1. The molecule has 0 aliphatic rings. The van der Waals surface area contributed by atoms with Crippen LogP contribution in [-0.2, 0) is 17.9 Å². The van der Waals surface area contributed by atoms with Crippen molar-refractivity contribution in [3.05, 3.63) is 70.5 Å². The molecule has 0 fully saturated rings. The first-order chi connectivity index (χ1) is 10.5. The van der Waals surface area contributed by atoms with Gasteiger partial charge in [-0.2, -0.15) is 0 Å². The molecule has 1 unspecified atom stereocenters. The van der Waals surface area contributed by atoms with Crippen LogP contribution in [0.4, 0.5) is 4.39 Å². The highest BCUT2D eigenvalue weighted by molar-refractivity contribution is 6.30. The molecule has 0 aliphatic carbocycles. The number of hydrogen-bond donors (Lipinski definition) is 2. The van der Waals surface area contributed by atoms with E-state index in [0.717, 1.165) is 16.0 Å². The number of carbonyl (C=O) groups is 1. The van der Waals surface area contributed by atoms with Crippen LogP contribution in [-0.4, -0.2) is 19.5 Å². The molecule has 5 heteroatoms. The molecule has 0 heterocycles. The van der Waals surface area contributed by atoms with E-state index in [-0.39, 0.29) is 11.7 Å². The highest BCUT2D eigenvalue weighted by Crippen LogP contribution is 2.10. The van der Waals surface area contributed by atoms with Crippen LogP contribution in [0.2, 0.25) is 5.02 Å². The van der Waals surface area contributed by atoms with E-state index < -0.39 is 0 Å². The maximum Gasteiger partial charge on any atom is 0.275 e. The van der Waals surface area contributed by atoms with Gasteiger partial charge in [0.2, 0.25) is 0 Å². The molecule has 1 amide bonds. The third-order valence-electron chi connectivity index (χ3n) is 3.26. The maximum absolute atomic E-state index is 12.8. The standard InChI is InChI=1S/C17H18ClFN2O/c1-21(11-13-5-7-16(19)8-6-13)12-17(22)20-10-14-3-2-4-15(18)9-14/h2-9H,10-12H2,1H3,(H,20,22)/p+1. The van der Waals surface area contributed by atoms with Crippen molar-refractivity contribution in [3.63, 3.8) is 0 Å². The van der Waals surface area contributed by atoms with Gasteiger partial charge < -0.3 is 10.2 Å². The average molecular weight is 322 g/mol. The first-order valence-electron chi connectivity index (χ1n) is 7.10. The fraction of sp³-hybridized carbons (Fsp3) is 0.235. The van der Waals surface area contributed by atoms with Gasteiger partial charge in [0.05, 0.1) is 7.05 Å². The summed E-state index contributed by atoms with van der Waals surface area (Å²) in [6.45, 7) is 1.49. The highest BCUT2D eigenvalue weighted by atomic mass is 35.5. The van der Waals surface area contributed by atoms with Gasteiger partial charge in [-0.05, 0) is 29.8 Å². The Bertz CT molecular complexity index is 631. The fourth-order valence-electron chi connectivity index (χ4n) is 2.20. The number of benzene rings is 2. The summed E-state index contributed by atoms with van der Waals surface area (Å²) in [7, 11) is 1.93. The Kier molecular flexibility index (Phi) is 5.92. The van der Waals surface area contributed by atoms with Crippen LogP contribution in [0.3, 0.4) is 0 Å². The molecule has 2 rings (SSSR count). The summed E-state index contributed by atoms with van der Waals surface area (Å²) in [6.07, 6.45) is 0. The van der Waals surface area contributed by atoms with Crippen molar-refractivity contribution in [2.45, 2.75) is 13.1 Å². The first kappa shape index (κ1) is 16.5. The molecule has 0 spiro atoms. The smallest absolute Gasteiger partial charge is 0.275 e. The predicted molar refractivity (Wildman–Crippen MR) is 85.2 cm³/mol. The van der Waals surface area contributed by atoms with E-state index in [0.29, 0.717) is 24.7 Å². The molecule has 0 saturated carbocycles. The highest BCUT2D eigenvalue weighted by Gasteiger charge is 2.10. The number of carbonyl (C=O) groups excluding carboxylic acids is 1. The van der Waals surface area contributed by atoms with E-state index in [1.54, 1.807) is 18.2 Å². The quantitative estimate of drug-likeness (QED) is 0.836. The minimum atomic E-state index is -0.249. The van der Waals surface area contributed by atoms with Crippen LogP contribution in [0.15, 0.2) is 48.5 Å². The van der Waals surface area contributed by atoms with Crippen LogP contribution in [0, 0.1) is 5.82 Å². The lowest BCUT2D eigenvalue weighted by Gasteiger charge is -2.14. The predicted octanol–water partition coefficient (Wildman–Crippen LogP) is 1.81. The minimum Gasteiger partial charge on any atom is -0.347 e. The van der Waals surface area contributed by atoms with Crippen molar-refractivity contribution >= 4 is 17.5 Å². The Hall–Kier alpha value is -1.91. The first-order valence-corrected chi connectivity index (χ1v) is 7.47. The van der Waals surface area contributed by atoms with E-state index in [1.165, 1.54) is 12.1 Å². The Balaban J connectivity index is 1.77. The van der Waals surface area contributed by atoms with E-state index in [1.807, 2.05) is 25.2 Å². The number of rotatable bonds is 6. The number of halogens is 2. The molecular formula is C17H19ClFN2O+. The Labute approximate surface area is 134 Å². The van der Waals surface area contributed by atoms with Gasteiger partial charge in [-0.3, -0.25) is 4.79 Å². The summed E-state index contributed by atoms with van der Waals surface area (Å²) in [6, 6.07) is 13.7. The van der Waals surface area contributed by atoms with Gasteiger partial charge >= 0.3 is 0 Å². The van der Waals surface area contributed by atoms with Gasteiger partial charge in [0.25, 0.3) is 5.91 Å². The van der Waals surface area contributed by atoms with Gasteiger partial charge in [-0.25, -0.2) is 4.39 Å². The van der Waals surface area contributed by atoms with Crippen LogP contribution in [0.25, 0.3) is 0 Å². The molecule has 2 N–H and O–H groups in total. The van der Waals surface area contributed by atoms with E-state index in [2.05, 4.69) is 5.32 Å². The molecule has 1 atom stereocenters. The molecule has 0 radical (unpaired) electrons. The van der Waals surface area contributed by atoms with Crippen molar-refractivity contribution in [2.24, 2.45) is 0 Å². The van der Waals surface area contributed by atoms with Gasteiger partial charge in [0.15, 0.2) is 6.54 Å². The SMILES string of the molecule is C[NH+](CC(=O)NCc1cccc(Cl)c1)Cc1ccc(F)cc1. The summed E-state index contributed by atoms with van der Waals surface area (Å²) in [5, 5.41) is 3.53. The van der Waals surface area contributed by atoms with E-state index in [4.69, 9.17) is 11.6 Å². The lowest BCUT2D eigenvalue weighted by molar-refractivity contribution is -0.885. The monoisotopic (exact) mass is 321 g/mol. The normalized spacial score (nSPS) is 12.0. The lowest BCUT2D eigenvalue weighted by atomic mass is 10.2. The molecule has 0 bridgehead atoms. The Morgan fingerprint density at radius 2 is 1.91 bits per heavy atom. The summed E-state index contributed by atoms with van der Waals surface area (Å²) in [5.41, 5.74) is 1.97. The van der Waals surface area contributed by atoms with Gasteiger partial charge in [-0.1, -0.05) is 35.9 Å². The molecule has 0 saturated heterocycles. The zero-order valence-electron chi connectivity index (χ0n) is 12.4. The molecular weight excluding hydrogens is 303 g/mol. The molecule has 0 aromatic heterocycles. The molecule has 2 aromatic carbocycles. The number of amides is 1. The summed E-state index contributed by atoms with van der Waals surface area (Å²) < 4.78 is 12.8. The third-order valence-corrected chi connectivity index (χ3v) is 3.50. The topological polar surface area (TPSA) is 33.5 Å². The molecule has 2 aromatic rings. The lowest BCUT2D eigenvalue weighted by Crippen LogP contribution is -3.08. The summed E-state index contributed by atoms with van der Waals surface area (Å²) in [5.74, 6) is -0.278. The Morgan fingerprint density at radius 3 is 2.59 bits per heavy atom. The Morgan fingerprint density at radius 1 is 1.18 bits per heavy atom. The van der Waals surface area contributed by atoms with Crippen LogP contribution in [0.1, 0.15) is 11.1 Å². The molecule has 3 nitrogen and oxygen atoms in total. The molecule has 0 aliphatic heterocycles. The third kappa shape index (κ3) is 5.47. The second-order valence-electron chi connectivity index (χ2n) is 5.34. The average Bonchev–Trinajstić information content (AvgIpc) is 2.47. The van der Waals surface area contributed by atoms with Crippen molar-refractivity contribution < 1.29 is 14.1 Å². The fourth-order valence-corrected chi connectivity index (χ4v) is 2.41. The van der Waals surface area contributed by atoms with E-state index in [9.17, 15) is 9.18 Å². The molecule has 22 heavy (non-hydrogen) atoms. The van der Waals surface area contributed by atoms with Crippen molar-refractivity contribution in [2.75, 3.05) is 13.6 Å². The van der Waals surface area contributed by atoms with Crippen LogP contribution in [0.5, 0.6) is 0 Å². The zero-order valence-corrected chi connectivity index (χ0v) is 13.2. The second-order valence-corrected chi connectivity index (χ2v) is 5.78. The van der Waals surface area contributed by atoms with Gasteiger partial charge in [0, 0.05) is 17.1 Å². The van der Waals surface area contributed by atoms with Crippen molar-refractivity contribution in [3.8, 4) is 0 Å². The second kappa shape index (κ2) is 7.92. The number of nitrogens with one attached hydrogen (secondary N) is 2. The minimum absolute atomic E-state index is 0.0282.